The highest BCUT2D eigenvalue weighted by Crippen LogP contribution is 2.18. The number of ether oxygens (including phenoxy) is 1. The van der Waals surface area contributed by atoms with E-state index in [1.54, 1.807) is 0 Å². The number of rotatable bonds is 4. The summed E-state index contributed by atoms with van der Waals surface area (Å²) in [7, 11) is 1.41. The quantitative estimate of drug-likeness (QED) is 0.816. The Morgan fingerprint density at radius 3 is 2.94 bits per heavy atom. The van der Waals surface area contributed by atoms with Gasteiger partial charge in [-0.3, -0.25) is 4.79 Å². The van der Waals surface area contributed by atoms with Gasteiger partial charge in [0.15, 0.2) is 0 Å². The topological polar surface area (TPSA) is 57.2 Å². The summed E-state index contributed by atoms with van der Waals surface area (Å²) >= 11 is 0. The summed E-state index contributed by atoms with van der Waals surface area (Å²) in [5, 5.41) is 1.16. The number of aromatic nitrogens is 1. The van der Waals surface area contributed by atoms with E-state index in [0.29, 0.717) is 19.5 Å². The third kappa shape index (κ3) is 2.47. The Balaban J connectivity index is 2.25. The Labute approximate surface area is 100.0 Å². The van der Waals surface area contributed by atoms with Crippen molar-refractivity contribution in [2.24, 2.45) is 5.73 Å². The van der Waals surface area contributed by atoms with Crippen LogP contribution in [0.5, 0.6) is 0 Å². The molecule has 1 heterocycles. The molecule has 0 aliphatic rings. The minimum Gasteiger partial charge on any atom is -0.469 e. The molecule has 0 saturated carbocycles. The van der Waals surface area contributed by atoms with Crippen molar-refractivity contribution in [2.75, 3.05) is 7.11 Å². The molecule has 4 nitrogen and oxygen atoms in total. The molecule has 0 atom stereocenters. The van der Waals surface area contributed by atoms with Gasteiger partial charge >= 0.3 is 5.97 Å². The van der Waals surface area contributed by atoms with Crippen LogP contribution in [0, 0.1) is 0 Å². The number of nitrogens with two attached hydrogens (primary N) is 1. The smallest absolute Gasteiger partial charge is 0.307 e. The SMILES string of the molecule is COC(=O)CCn1ccc2ccc(CN)cc21. The first-order valence-corrected chi connectivity index (χ1v) is 5.59. The maximum Gasteiger partial charge on any atom is 0.307 e. The molecular formula is C13H16N2O2. The van der Waals surface area contributed by atoms with Gasteiger partial charge < -0.3 is 15.0 Å². The van der Waals surface area contributed by atoms with Crippen molar-refractivity contribution in [1.29, 1.82) is 0 Å². The number of hydrogen-bond donors (Lipinski definition) is 1. The number of benzene rings is 1. The van der Waals surface area contributed by atoms with Gasteiger partial charge in [-0.25, -0.2) is 0 Å². The number of hydrogen-bond acceptors (Lipinski definition) is 3. The fraction of sp³-hybridized carbons (Fsp3) is 0.308. The highest BCUT2D eigenvalue weighted by molar-refractivity contribution is 5.81. The Bertz CT molecular complexity index is 531. The molecule has 1 aromatic heterocycles. The van der Waals surface area contributed by atoms with Crippen molar-refractivity contribution < 1.29 is 9.53 Å². The lowest BCUT2D eigenvalue weighted by Crippen LogP contribution is -2.06. The number of carbonyl (C=O) groups excluding carboxylic acids is 1. The molecule has 0 radical (unpaired) electrons. The van der Waals surface area contributed by atoms with Crippen LogP contribution in [0.3, 0.4) is 0 Å². The van der Waals surface area contributed by atoms with Crippen LogP contribution < -0.4 is 5.73 Å². The molecule has 0 aliphatic heterocycles. The molecule has 0 unspecified atom stereocenters. The lowest BCUT2D eigenvalue weighted by molar-refractivity contribution is -0.140. The zero-order valence-corrected chi connectivity index (χ0v) is 9.85. The highest BCUT2D eigenvalue weighted by atomic mass is 16.5. The van der Waals surface area contributed by atoms with Crippen LogP contribution in [0.25, 0.3) is 10.9 Å². The first kappa shape index (κ1) is 11.7. The fourth-order valence-electron chi connectivity index (χ4n) is 1.87. The van der Waals surface area contributed by atoms with Crippen LogP contribution in [0.1, 0.15) is 12.0 Å². The second-order valence-electron chi connectivity index (χ2n) is 3.93. The lowest BCUT2D eigenvalue weighted by Gasteiger charge is -2.05. The molecule has 2 rings (SSSR count). The van der Waals surface area contributed by atoms with E-state index in [1.165, 1.54) is 7.11 Å². The van der Waals surface area contributed by atoms with E-state index in [-0.39, 0.29) is 5.97 Å². The average molecular weight is 232 g/mol. The number of fused-ring (bicyclic) bond motifs is 1. The number of esters is 1. The van der Waals surface area contributed by atoms with Crippen molar-refractivity contribution in [1.82, 2.24) is 4.57 Å². The maximum absolute atomic E-state index is 11.1. The molecule has 0 spiro atoms. The Kier molecular flexibility index (Phi) is 3.44. The fourth-order valence-corrected chi connectivity index (χ4v) is 1.87. The van der Waals surface area contributed by atoms with Crippen LogP contribution in [0.15, 0.2) is 30.5 Å². The zero-order chi connectivity index (χ0) is 12.3. The number of methoxy groups -OCH3 is 1. The second kappa shape index (κ2) is 5.01. The van der Waals surface area contributed by atoms with E-state index < -0.39 is 0 Å². The number of aryl methyl sites for hydroxylation is 1. The summed E-state index contributed by atoms with van der Waals surface area (Å²) in [4.78, 5) is 11.1. The minimum atomic E-state index is -0.193. The van der Waals surface area contributed by atoms with Gasteiger partial charge in [-0.15, -0.1) is 0 Å². The highest BCUT2D eigenvalue weighted by Gasteiger charge is 2.05. The summed E-state index contributed by atoms with van der Waals surface area (Å²) < 4.78 is 6.68. The van der Waals surface area contributed by atoms with E-state index >= 15 is 0 Å². The molecule has 17 heavy (non-hydrogen) atoms. The molecule has 4 heteroatoms. The van der Waals surface area contributed by atoms with E-state index in [9.17, 15) is 4.79 Å². The standard InChI is InChI=1S/C13H16N2O2/c1-17-13(16)5-7-15-6-4-11-3-2-10(9-14)8-12(11)15/h2-4,6,8H,5,7,9,14H2,1H3. The molecule has 0 fully saturated rings. The van der Waals surface area contributed by atoms with E-state index in [2.05, 4.69) is 10.8 Å². The average Bonchev–Trinajstić information content (AvgIpc) is 2.78. The third-order valence-electron chi connectivity index (χ3n) is 2.86. The van der Waals surface area contributed by atoms with Crippen LogP contribution in [0.4, 0.5) is 0 Å². The van der Waals surface area contributed by atoms with Crippen LogP contribution in [-0.4, -0.2) is 17.6 Å². The predicted molar refractivity (Wildman–Crippen MR) is 66.5 cm³/mol. The molecular weight excluding hydrogens is 216 g/mol. The first-order valence-electron chi connectivity index (χ1n) is 5.59. The molecule has 2 N–H and O–H groups in total. The van der Waals surface area contributed by atoms with Gasteiger partial charge in [-0.1, -0.05) is 12.1 Å². The summed E-state index contributed by atoms with van der Waals surface area (Å²) in [5.74, 6) is -0.193. The van der Waals surface area contributed by atoms with Gasteiger partial charge in [-0.2, -0.15) is 0 Å². The largest absolute Gasteiger partial charge is 0.469 e. The molecule has 1 aromatic carbocycles. The van der Waals surface area contributed by atoms with E-state index in [4.69, 9.17) is 5.73 Å². The van der Waals surface area contributed by atoms with Crippen LogP contribution >= 0.6 is 0 Å². The predicted octanol–water partition coefficient (Wildman–Crippen LogP) is 1.66. The normalized spacial score (nSPS) is 10.7. The van der Waals surface area contributed by atoms with Gasteiger partial charge in [0, 0.05) is 24.8 Å². The monoisotopic (exact) mass is 232 g/mol. The van der Waals surface area contributed by atoms with E-state index in [0.717, 1.165) is 16.5 Å². The minimum absolute atomic E-state index is 0.193. The summed E-state index contributed by atoms with van der Waals surface area (Å²) in [6.07, 6.45) is 2.36. The van der Waals surface area contributed by atoms with Crippen LogP contribution in [-0.2, 0) is 22.6 Å². The Morgan fingerprint density at radius 1 is 1.41 bits per heavy atom. The summed E-state index contributed by atoms with van der Waals surface area (Å²) in [6.45, 7) is 1.16. The third-order valence-corrected chi connectivity index (χ3v) is 2.86. The van der Waals surface area contributed by atoms with Crippen molar-refractivity contribution in [3.63, 3.8) is 0 Å². The Morgan fingerprint density at radius 2 is 2.24 bits per heavy atom. The maximum atomic E-state index is 11.1. The van der Waals surface area contributed by atoms with Crippen molar-refractivity contribution in [3.05, 3.63) is 36.0 Å². The summed E-state index contributed by atoms with van der Waals surface area (Å²) in [5.41, 5.74) is 7.82. The van der Waals surface area contributed by atoms with Crippen LogP contribution in [0.2, 0.25) is 0 Å². The molecule has 0 saturated heterocycles. The number of carbonyl (C=O) groups is 1. The molecule has 2 aromatic rings. The molecule has 0 bridgehead atoms. The Hall–Kier alpha value is -1.81. The van der Waals surface area contributed by atoms with Crippen molar-refractivity contribution in [3.8, 4) is 0 Å². The second-order valence-corrected chi connectivity index (χ2v) is 3.93. The first-order chi connectivity index (χ1) is 8.24. The van der Waals surface area contributed by atoms with E-state index in [1.807, 2.05) is 29.0 Å². The van der Waals surface area contributed by atoms with Crippen molar-refractivity contribution in [2.45, 2.75) is 19.5 Å². The lowest BCUT2D eigenvalue weighted by atomic mass is 10.1. The molecule has 0 aliphatic carbocycles. The van der Waals surface area contributed by atoms with Gasteiger partial charge in [0.2, 0.25) is 0 Å². The van der Waals surface area contributed by atoms with Gasteiger partial charge in [0.05, 0.1) is 13.5 Å². The molecule has 90 valence electrons. The van der Waals surface area contributed by atoms with Gasteiger partial charge in [0.25, 0.3) is 0 Å². The van der Waals surface area contributed by atoms with Gasteiger partial charge in [0.1, 0.15) is 0 Å². The molecule has 0 amide bonds. The van der Waals surface area contributed by atoms with Gasteiger partial charge in [-0.05, 0) is 23.1 Å². The van der Waals surface area contributed by atoms with Crippen molar-refractivity contribution >= 4 is 16.9 Å². The number of nitrogens with zero attached hydrogens (tertiary/aromatic N) is 1. The summed E-state index contributed by atoms with van der Waals surface area (Å²) in [6, 6.07) is 8.17. The zero-order valence-electron chi connectivity index (χ0n) is 9.85.